The Kier molecular flexibility index (Phi) is 11.9. The Labute approximate surface area is 311 Å². The molecule has 2 aromatic carbocycles. The SMILES string of the molecule is CCN(CC)c1nc(-c2ccc(Cl)cc2)nc2sc(C#N)c(C)c12.CCN(CC)c1nc(-c2ccc(OC)c(OC)c2)nc2sc(C#N)c(C)c12. The predicted molar refractivity (Wildman–Crippen MR) is 210 cm³/mol. The van der Waals surface area contributed by atoms with Crippen molar-refractivity contribution in [3.05, 3.63) is 68.4 Å². The molecule has 10 nitrogen and oxygen atoms in total. The third-order valence-electron chi connectivity index (χ3n) is 8.62. The molecule has 0 saturated heterocycles. The van der Waals surface area contributed by atoms with E-state index in [0.717, 1.165) is 80.5 Å². The van der Waals surface area contributed by atoms with Crippen LogP contribution in [0, 0.1) is 36.5 Å². The second-order valence-electron chi connectivity index (χ2n) is 11.4. The van der Waals surface area contributed by atoms with E-state index >= 15 is 0 Å². The van der Waals surface area contributed by atoms with Crippen LogP contribution in [0.3, 0.4) is 0 Å². The molecule has 4 heterocycles. The molecule has 0 bridgehead atoms. The summed E-state index contributed by atoms with van der Waals surface area (Å²) in [6, 6.07) is 17.7. The number of anilines is 2. The molecule has 0 aliphatic rings. The molecule has 0 aliphatic heterocycles. The smallest absolute Gasteiger partial charge is 0.163 e. The van der Waals surface area contributed by atoms with Crippen LogP contribution >= 0.6 is 34.3 Å². The largest absolute Gasteiger partial charge is 0.493 e. The van der Waals surface area contributed by atoms with E-state index in [0.29, 0.717) is 37.9 Å². The number of hydrogen-bond donors (Lipinski definition) is 0. The summed E-state index contributed by atoms with van der Waals surface area (Å²) in [5.41, 5.74) is 3.66. The second kappa shape index (κ2) is 16.3. The fraction of sp³-hybridized carbons (Fsp3) is 0.316. The highest BCUT2D eigenvalue weighted by atomic mass is 35.5. The van der Waals surface area contributed by atoms with Crippen molar-refractivity contribution in [1.29, 1.82) is 10.5 Å². The van der Waals surface area contributed by atoms with E-state index in [1.54, 1.807) is 14.2 Å². The van der Waals surface area contributed by atoms with E-state index < -0.39 is 0 Å². The predicted octanol–water partition coefficient (Wildman–Crippen LogP) is 9.44. The lowest BCUT2D eigenvalue weighted by atomic mass is 10.1. The first-order chi connectivity index (χ1) is 24.7. The average Bonchev–Trinajstić information content (AvgIpc) is 3.67. The van der Waals surface area contributed by atoms with E-state index in [1.807, 2.05) is 56.3 Å². The molecule has 0 atom stereocenters. The summed E-state index contributed by atoms with van der Waals surface area (Å²) in [5, 5.41) is 21.4. The van der Waals surface area contributed by atoms with Gasteiger partial charge in [0.25, 0.3) is 0 Å². The van der Waals surface area contributed by atoms with E-state index in [2.05, 4.69) is 49.6 Å². The van der Waals surface area contributed by atoms with Crippen molar-refractivity contribution in [1.82, 2.24) is 19.9 Å². The standard InChI is InChI=1S/C20H22N4O2S.C18H17ClN4S/c1-6-24(7-2)19-17-12(3)16(11-21)27-20(17)23-18(22-19)13-8-9-14(25-4)15(10-13)26-5;1-4-23(5-2)17-15-11(3)14(10-20)24-18(15)22-16(21-17)12-6-8-13(19)9-7-12/h8-10H,6-7H2,1-5H3;6-9H,4-5H2,1-3H3. The van der Waals surface area contributed by atoms with Crippen LogP contribution in [-0.4, -0.2) is 60.3 Å². The number of thiophene rings is 2. The third-order valence-corrected chi connectivity index (χ3v) is 11.0. The summed E-state index contributed by atoms with van der Waals surface area (Å²) in [6.07, 6.45) is 0. The van der Waals surface area contributed by atoms with Crippen molar-refractivity contribution in [3.63, 3.8) is 0 Å². The number of aromatic nitrogens is 4. The van der Waals surface area contributed by atoms with E-state index in [9.17, 15) is 10.5 Å². The Morgan fingerprint density at radius 1 is 0.647 bits per heavy atom. The van der Waals surface area contributed by atoms with Gasteiger partial charge in [-0.1, -0.05) is 11.6 Å². The molecule has 51 heavy (non-hydrogen) atoms. The van der Waals surface area contributed by atoms with Crippen LogP contribution in [0.25, 0.3) is 43.2 Å². The minimum Gasteiger partial charge on any atom is -0.493 e. The first-order valence-corrected chi connectivity index (χ1v) is 18.6. The zero-order chi connectivity index (χ0) is 36.8. The molecule has 0 spiro atoms. The van der Waals surface area contributed by atoms with Gasteiger partial charge < -0.3 is 19.3 Å². The highest BCUT2D eigenvalue weighted by Crippen LogP contribution is 2.39. The molecule has 6 rings (SSSR count). The molecule has 0 aliphatic carbocycles. The summed E-state index contributed by atoms with van der Waals surface area (Å²) in [7, 11) is 3.21. The number of methoxy groups -OCH3 is 2. The second-order valence-corrected chi connectivity index (χ2v) is 13.8. The van der Waals surface area contributed by atoms with Crippen molar-refractivity contribution in [3.8, 4) is 46.4 Å². The van der Waals surface area contributed by atoms with Crippen LogP contribution in [0.5, 0.6) is 11.5 Å². The summed E-state index contributed by atoms with van der Waals surface area (Å²) in [5.74, 6) is 4.31. The van der Waals surface area contributed by atoms with Gasteiger partial charge in [-0.05, 0) is 95.1 Å². The molecule has 4 aromatic heterocycles. The normalized spacial score (nSPS) is 10.7. The molecule has 13 heteroatoms. The number of rotatable bonds is 10. The number of benzene rings is 2. The summed E-state index contributed by atoms with van der Waals surface area (Å²) < 4.78 is 10.7. The van der Waals surface area contributed by atoms with Gasteiger partial charge in [-0.15, -0.1) is 22.7 Å². The van der Waals surface area contributed by atoms with Crippen molar-refractivity contribution in [2.75, 3.05) is 50.2 Å². The van der Waals surface area contributed by atoms with Crippen LogP contribution in [0.2, 0.25) is 5.02 Å². The lowest BCUT2D eigenvalue weighted by molar-refractivity contribution is 0.355. The van der Waals surface area contributed by atoms with Crippen LogP contribution in [0.4, 0.5) is 11.6 Å². The topological polar surface area (TPSA) is 124 Å². The third kappa shape index (κ3) is 7.40. The molecule has 6 aromatic rings. The number of ether oxygens (including phenoxy) is 2. The summed E-state index contributed by atoms with van der Waals surface area (Å²) >= 11 is 8.81. The maximum atomic E-state index is 9.44. The Morgan fingerprint density at radius 2 is 1.08 bits per heavy atom. The molecule has 0 unspecified atom stereocenters. The Morgan fingerprint density at radius 3 is 1.49 bits per heavy atom. The lowest BCUT2D eigenvalue weighted by Gasteiger charge is -2.21. The zero-order valence-corrected chi connectivity index (χ0v) is 32.3. The minimum atomic E-state index is 0.607. The van der Waals surface area contributed by atoms with Crippen LogP contribution in [0.15, 0.2) is 42.5 Å². The molecular formula is C38H39ClN8O2S2. The molecule has 0 fully saturated rings. The van der Waals surface area contributed by atoms with Gasteiger partial charge in [-0.25, -0.2) is 19.9 Å². The van der Waals surface area contributed by atoms with Crippen molar-refractivity contribution in [2.24, 2.45) is 0 Å². The van der Waals surface area contributed by atoms with Gasteiger partial charge in [0.2, 0.25) is 0 Å². The Bertz CT molecular complexity index is 2260. The highest BCUT2D eigenvalue weighted by molar-refractivity contribution is 7.19. The van der Waals surface area contributed by atoms with Gasteiger partial charge in [0.1, 0.15) is 43.2 Å². The van der Waals surface area contributed by atoms with Gasteiger partial charge in [-0.3, -0.25) is 0 Å². The number of nitrogens with zero attached hydrogens (tertiary/aromatic N) is 8. The van der Waals surface area contributed by atoms with E-state index in [4.69, 9.17) is 41.0 Å². The fourth-order valence-electron chi connectivity index (χ4n) is 5.79. The van der Waals surface area contributed by atoms with Gasteiger partial charge in [-0.2, -0.15) is 10.5 Å². The van der Waals surface area contributed by atoms with Gasteiger partial charge in [0.05, 0.1) is 25.0 Å². The maximum absolute atomic E-state index is 9.44. The summed E-state index contributed by atoms with van der Waals surface area (Å²) in [6.45, 7) is 15.7. The lowest BCUT2D eigenvalue weighted by Crippen LogP contribution is -2.23. The van der Waals surface area contributed by atoms with Gasteiger partial charge in [0, 0.05) is 42.3 Å². The van der Waals surface area contributed by atoms with E-state index in [1.165, 1.54) is 22.7 Å². The first-order valence-electron chi connectivity index (χ1n) is 16.6. The molecule has 0 N–H and O–H groups in total. The van der Waals surface area contributed by atoms with Crippen LogP contribution in [-0.2, 0) is 0 Å². The van der Waals surface area contributed by atoms with Crippen molar-refractivity contribution in [2.45, 2.75) is 41.5 Å². The van der Waals surface area contributed by atoms with Crippen LogP contribution in [0.1, 0.15) is 48.6 Å². The van der Waals surface area contributed by atoms with Crippen molar-refractivity contribution >= 4 is 66.3 Å². The molecule has 0 saturated carbocycles. The highest BCUT2D eigenvalue weighted by Gasteiger charge is 2.22. The fourth-order valence-corrected chi connectivity index (χ4v) is 7.86. The maximum Gasteiger partial charge on any atom is 0.163 e. The first kappa shape index (κ1) is 37.3. The van der Waals surface area contributed by atoms with E-state index in [-0.39, 0.29) is 0 Å². The molecular weight excluding hydrogens is 700 g/mol. The van der Waals surface area contributed by atoms with Crippen LogP contribution < -0.4 is 19.3 Å². The zero-order valence-electron chi connectivity index (χ0n) is 30.0. The average molecular weight is 739 g/mol. The Balaban J connectivity index is 0.000000199. The van der Waals surface area contributed by atoms with Gasteiger partial charge >= 0.3 is 0 Å². The van der Waals surface area contributed by atoms with Crippen molar-refractivity contribution < 1.29 is 9.47 Å². The summed E-state index contributed by atoms with van der Waals surface area (Å²) in [4.78, 5) is 26.6. The number of halogens is 1. The number of hydrogen-bond acceptors (Lipinski definition) is 12. The number of aryl methyl sites for hydroxylation is 2. The van der Waals surface area contributed by atoms with Gasteiger partial charge in [0.15, 0.2) is 23.1 Å². The molecule has 262 valence electrons. The monoisotopic (exact) mass is 738 g/mol. The Hall–Kier alpha value is -5.01. The molecule has 0 radical (unpaired) electrons. The number of fused-ring (bicyclic) bond motifs is 2. The molecule has 0 amide bonds. The quantitative estimate of drug-likeness (QED) is 0.134. The number of nitriles is 2. The minimum absolute atomic E-state index is 0.607.